The molecule has 1 rings (SSSR count). The van der Waals surface area contributed by atoms with Crippen molar-refractivity contribution < 1.29 is 13.7 Å². The van der Waals surface area contributed by atoms with Gasteiger partial charge in [-0.1, -0.05) is 12.1 Å². The fourth-order valence-corrected chi connectivity index (χ4v) is 0.795. The van der Waals surface area contributed by atoms with Crippen molar-refractivity contribution in [3.8, 4) is 0 Å². The number of nitrogens with one attached hydrogen (secondary N) is 1. The topological polar surface area (TPSA) is 84.6 Å². The smallest absolute Gasteiger partial charge is 0.337 e. The Bertz CT molecular complexity index is 301. The highest BCUT2D eigenvalue weighted by Crippen LogP contribution is 2.12. The van der Waals surface area contributed by atoms with Gasteiger partial charge in [0.05, 0.1) is 35.0 Å². The zero-order valence-electron chi connectivity index (χ0n) is 7.41. The standard InChI is InChI=1S/C7H8N2O2.Cl2O.H2S/c8-9-6-4-2-1-3-5(6)7(10)11;1-3-2;/h1-4,9H,8H2,(H,10,11);;1H2. The van der Waals surface area contributed by atoms with Gasteiger partial charge in [-0.25, -0.2) is 4.79 Å². The van der Waals surface area contributed by atoms with Crippen LogP contribution in [0, 0.1) is 0 Å². The van der Waals surface area contributed by atoms with Crippen molar-refractivity contribution in [3.63, 3.8) is 0 Å². The molecular weight excluding hydrogens is 263 g/mol. The van der Waals surface area contributed by atoms with Crippen LogP contribution < -0.4 is 11.3 Å². The Hall–Kier alpha value is -0.660. The quantitative estimate of drug-likeness (QED) is 0.567. The van der Waals surface area contributed by atoms with Crippen LogP contribution in [-0.4, -0.2) is 11.1 Å². The molecule has 0 atom stereocenters. The summed E-state index contributed by atoms with van der Waals surface area (Å²) >= 11 is 8.53. The molecule has 0 aliphatic carbocycles. The van der Waals surface area contributed by atoms with Crippen LogP contribution in [0.1, 0.15) is 10.4 Å². The molecule has 0 aliphatic heterocycles. The third kappa shape index (κ3) is 6.43. The van der Waals surface area contributed by atoms with Gasteiger partial charge >= 0.3 is 5.97 Å². The molecule has 0 amide bonds. The SMILES string of the molecule is ClOCl.NNc1ccccc1C(=O)O.S. The molecule has 1 aromatic rings. The number of carboxylic acids is 1. The summed E-state index contributed by atoms with van der Waals surface area (Å²) in [6, 6.07) is 6.44. The van der Waals surface area contributed by atoms with Crippen molar-refractivity contribution in [3.05, 3.63) is 29.8 Å². The summed E-state index contributed by atoms with van der Waals surface area (Å²) in [4.78, 5) is 10.5. The van der Waals surface area contributed by atoms with Gasteiger partial charge in [-0.15, -0.1) is 0 Å². The van der Waals surface area contributed by atoms with E-state index in [-0.39, 0.29) is 19.1 Å². The first-order chi connectivity index (χ1) is 6.67. The van der Waals surface area contributed by atoms with E-state index < -0.39 is 5.97 Å². The molecule has 8 heteroatoms. The van der Waals surface area contributed by atoms with Crippen molar-refractivity contribution in [2.45, 2.75) is 0 Å². The maximum atomic E-state index is 10.5. The summed E-state index contributed by atoms with van der Waals surface area (Å²) in [7, 11) is 0. The number of halogens is 2. The molecule has 0 radical (unpaired) electrons. The second kappa shape index (κ2) is 9.88. The van der Waals surface area contributed by atoms with Gasteiger partial charge in [-0.05, 0) is 12.1 Å². The molecule has 1 aromatic carbocycles. The van der Waals surface area contributed by atoms with Crippen LogP contribution in [-0.2, 0) is 3.84 Å². The highest BCUT2D eigenvalue weighted by atomic mass is 35.6. The molecule has 5 nitrogen and oxygen atoms in total. The third-order valence-corrected chi connectivity index (χ3v) is 1.31. The molecule has 0 spiro atoms. The Morgan fingerprint density at radius 2 is 1.87 bits per heavy atom. The highest BCUT2D eigenvalue weighted by Gasteiger charge is 2.06. The summed E-state index contributed by atoms with van der Waals surface area (Å²) < 4.78 is 3.19. The minimum atomic E-state index is -0.987. The van der Waals surface area contributed by atoms with Crippen LogP contribution in [0.25, 0.3) is 0 Å². The summed E-state index contributed by atoms with van der Waals surface area (Å²) in [6.07, 6.45) is 0. The van der Waals surface area contributed by atoms with E-state index in [1.165, 1.54) is 6.07 Å². The van der Waals surface area contributed by atoms with Crippen LogP contribution in [0.5, 0.6) is 0 Å². The first kappa shape index (κ1) is 16.8. The average molecular weight is 273 g/mol. The van der Waals surface area contributed by atoms with Crippen molar-refractivity contribution in [1.82, 2.24) is 0 Å². The average Bonchev–Trinajstić information content (AvgIpc) is 2.19. The van der Waals surface area contributed by atoms with E-state index in [0.29, 0.717) is 5.69 Å². The lowest BCUT2D eigenvalue weighted by Crippen LogP contribution is -2.11. The Morgan fingerprint density at radius 1 is 1.40 bits per heavy atom. The lowest BCUT2D eigenvalue weighted by Gasteiger charge is -2.02. The van der Waals surface area contributed by atoms with Gasteiger partial charge in [0, 0.05) is 0 Å². The maximum Gasteiger partial charge on any atom is 0.337 e. The lowest BCUT2D eigenvalue weighted by atomic mass is 10.2. The van der Waals surface area contributed by atoms with E-state index in [1.54, 1.807) is 18.2 Å². The minimum Gasteiger partial charge on any atom is -0.478 e. The van der Waals surface area contributed by atoms with E-state index in [1.807, 2.05) is 0 Å². The molecule has 86 valence electrons. The molecule has 0 saturated carbocycles. The van der Waals surface area contributed by atoms with Crippen LogP contribution in [0.15, 0.2) is 24.3 Å². The number of hydrogen-bond donors (Lipinski definition) is 3. The molecule has 0 heterocycles. The van der Waals surface area contributed by atoms with Gasteiger partial charge in [-0.2, -0.15) is 17.3 Å². The van der Waals surface area contributed by atoms with Crippen LogP contribution in [0.3, 0.4) is 0 Å². The molecule has 0 bridgehead atoms. The fraction of sp³-hybridized carbons (Fsp3) is 0. The van der Waals surface area contributed by atoms with Gasteiger partial charge in [0.15, 0.2) is 0 Å². The summed E-state index contributed by atoms with van der Waals surface area (Å²) in [5.41, 5.74) is 2.89. The van der Waals surface area contributed by atoms with E-state index in [0.717, 1.165) is 0 Å². The van der Waals surface area contributed by atoms with E-state index in [2.05, 4.69) is 33.0 Å². The molecule has 4 N–H and O–H groups in total. The largest absolute Gasteiger partial charge is 0.478 e. The molecule has 0 aromatic heterocycles. The number of carbonyl (C=O) groups is 1. The number of para-hydroxylation sites is 1. The number of rotatable bonds is 2. The van der Waals surface area contributed by atoms with Crippen LogP contribution in [0.2, 0.25) is 0 Å². The molecule has 15 heavy (non-hydrogen) atoms. The maximum absolute atomic E-state index is 10.5. The van der Waals surface area contributed by atoms with Gasteiger partial charge < -0.3 is 10.5 Å². The predicted octanol–water partition coefficient (Wildman–Crippen LogP) is 2.09. The number of carboxylic acid groups (broad SMARTS) is 1. The number of hydrogen-bond acceptors (Lipinski definition) is 4. The van der Waals surface area contributed by atoms with E-state index >= 15 is 0 Å². The first-order valence-corrected chi connectivity index (χ1v) is 3.97. The second-order valence-electron chi connectivity index (χ2n) is 2.05. The lowest BCUT2D eigenvalue weighted by molar-refractivity contribution is 0.0698. The Morgan fingerprint density at radius 3 is 2.20 bits per heavy atom. The Balaban J connectivity index is 0. The van der Waals surface area contributed by atoms with Crippen LogP contribution >= 0.6 is 37.2 Å². The molecule has 0 unspecified atom stereocenters. The molecule has 0 saturated heterocycles. The van der Waals surface area contributed by atoms with E-state index in [4.69, 9.17) is 10.9 Å². The number of nitrogen functional groups attached to an aromatic ring is 1. The Kier molecular flexibility index (Phi) is 11.0. The number of hydrazine groups is 1. The van der Waals surface area contributed by atoms with Gasteiger partial charge in [0.25, 0.3) is 0 Å². The van der Waals surface area contributed by atoms with E-state index in [9.17, 15) is 4.79 Å². The van der Waals surface area contributed by atoms with Crippen molar-refractivity contribution in [2.75, 3.05) is 5.43 Å². The zero-order chi connectivity index (χ0) is 11.0. The molecular formula is C7H10Cl2N2O3S. The monoisotopic (exact) mass is 272 g/mol. The van der Waals surface area contributed by atoms with Crippen LogP contribution in [0.4, 0.5) is 5.69 Å². The predicted molar refractivity (Wildman–Crippen MR) is 64.4 cm³/mol. The molecule has 0 fully saturated rings. The second-order valence-corrected chi connectivity index (χ2v) is 2.52. The Labute approximate surface area is 104 Å². The fourth-order valence-electron chi connectivity index (χ4n) is 0.795. The number of anilines is 1. The van der Waals surface area contributed by atoms with Gasteiger partial charge in [0.1, 0.15) is 0 Å². The van der Waals surface area contributed by atoms with Gasteiger partial charge in [0.2, 0.25) is 0 Å². The van der Waals surface area contributed by atoms with Gasteiger partial charge in [-0.3, -0.25) is 5.84 Å². The minimum absolute atomic E-state index is 0. The number of nitrogens with two attached hydrogens (primary N) is 1. The zero-order valence-corrected chi connectivity index (χ0v) is 9.92. The van der Waals surface area contributed by atoms with Crippen molar-refractivity contribution in [1.29, 1.82) is 0 Å². The first-order valence-electron chi connectivity index (χ1n) is 3.35. The third-order valence-electron chi connectivity index (χ3n) is 1.31. The highest BCUT2D eigenvalue weighted by molar-refractivity contribution is 7.59. The summed E-state index contributed by atoms with van der Waals surface area (Å²) in [5, 5.41) is 8.60. The summed E-state index contributed by atoms with van der Waals surface area (Å²) in [6.45, 7) is 0. The summed E-state index contributed by atoms with van der Waals surface area (Å²) in [5.74, 6) is 4.09. The van der Waals surface area contributed by atoms with Crippen molar-refractivity contribution in [2.24, 2.45) is 5.84 Å². The number of aromatic carboxylic acids is 1. The normalized spacial score (nSPS) is 7.93. The molecule has 0 aliphatic rings. The van der Waals surface area contributed by atoms with Crippen molar-refractivity contribution >= 4 is 48.9 Å². The number of benzene rings is 1.